The molecule has 5 unspecified atom stereocenters. The van der Waals surface area contributed by atoms with Gasteiger partial charge in [-0.2, -0.15) is 0 Å². The number of anilines is 1. The maximum absolute atomic E-state index is 12.5. The Morgan fingerprint density at radius 3 is 2.96 bits per heavy atom. The first-order valence-electron chi connectivity index (χ1n) is 9.76. The highest BCUT2D eigenvalue weighted by atomic mass is 32.1. The first-order chi connectivity index (χ1) is 13.2. The number of hydrogen-bond donors (Lipinski definition) is 2. The van der Waals surface area contributed by atoms with Crippen molar-refractivity contribution >= 4 is 28.3 Å². The van der Waals surface area contributed by atoms with Crippen LogP contribution >= 0.6 is 11.3 Å². The minimum absolute atomic E-state index is 0.0382. The molecule has 5 rings (SSSR count). The highest BCUT2D eigenvalue weighted by molar-refractivity contribution is 7.14. The third-order valence-electron chi connectivity index (χ3n) is 6.63. The molecule has 2 amide bonds. The monoisotopic (exact) mass is 385 g/mol. The second kappa shape index (κ2) is 6.78. The van der Waals surface area contributed by atoms with Gasteiger partial charge in [-0.05, 0) is 61.5 Å². The zero-order valence-corrected chi connectivity index (χ0v) is 15.8. The van der Waals surface area contributed by atoms with Crippen LogP contribution in [0.15, 0.2) is 28.2 Å². The highest BCUT2D eigenvalue weighted by Gasteiger charge is 2.53. The van der Waals surface area contributed by atoms with Crippen LogP contribution in [-0.4, -0.2) is 22.8 Å². The fourth-order valence-electron chi connectivity index (χ4n) is 5.67. The fourth-order valence-corrected chi connectivity index (χ4v) is 6.37. The molecule has 3 saturated carbocycles. The van der Waals surface area contributed by atoms with Gasteiger partial charge in [-0.1, -0.05) is 6.42 Å². The van der Waals surface area contributed by atoms with E-state index in [1.807, 2.05) is 5.38 Å². The molecule has 0 aliphatic heterocycles. The number of aromatic nitrogens is 1. The van der Waals surface area contributed by atoms with Crippen LogP contribution in [0.25, 0.3) is 0 Å². The molecule has 6 nitrogen and oxygen atoms in total. The van der Waals surface area contributed by atoms with Gasteiger partial charge in [0.05, 0.1) is 18.4 Å². The van der Waals surface area contributed by atoms with Crippen LogP contribution < -0.4 is 10.6 Å². The number of rotatable bonds is 5. The van der Waals surface area contributed by atoms with Gasteiger partial charge in [-0.3, -0.25) is 14.9 Å². The van der Waals surface area contributed by atoms with Gasteiger partial charge < -0.3 is 9.73 Å². The minimum Gasteiger partial charge on any atom is -0.459 e. The molecule has 3 aliphatic rings. The summed E-state index contributed by atoms with van der Waals surface area (Å²) in [6, 6.07) is 3.61. The first kappa shape index (κ1) is 17.0. The quantitative estimate of drug-likeness (QED) is 0.825. The van der Waals surface area contributed by atoms with E-state index in [2.05, 4.69) is 15.6 Å². The molecular formula is C20H23N3O3S. The molecule has 2 bridgehead atoms. The number of nitrogens with one attached hydrogen (secondary N) is 2. The SMILES string of the molecule is O=C(Cc1csc(NC(=O)c2ccco2)n1)NC1CC2CC1C1CCCC21. The molecule has 27 heavy (non-hydrogen) atoms. The van der Waals surface area contributed by atoms with Gasteiger partial charge in [0, 0.05) is 11.4 Å². The van der Waals surface area contributed by atoms with E-state index in [4.69, 9.17) is 4.42 Å². The third kappa shape index (κ3) is 3.18. The Hall–Kier alpha value is -2.15. The Kier molecular flexibility index (Phi) is 4.27. The summed E-state index contributed by atoms with van der Waals surface area (Å²) in [5.74, 6) is 3.24. The molecule has 2 aromatic heterocycles. The molecule has 0 radical (unpaired) electrons. The smallest absolute Gasteiger partial charge is 0.293 e. The van der Waals surface area contributed by atoms with E-state index in [9.17, 15) is 9.59 Å². The Morgan fingerprint density at radius 1 is 1.22 bits per heavy atom. The van der Waals surface area contributed by atoms with Crippen LogP contribution in [0, 0.1) is 23.7 Å². The maximum atomic E-state index is 12.5. The van der Waals surface area contributed by atoms with Crippen molar-refractivity contribution in [3.8, 4) is 0 Å². The van der Waals surface area contributed by atoms with Crippen LogP contribution in [0.1, 0.15) is 48.4 Å². The summed E-state index contributed by atoms with van der Waals surface area (Å²) in [7, 11) is 0. The van der Waals surface area contributed by atoms with Crippen molar-refractivity contribution in [3.63, 3.8) is 0 Å². The molecule has 2 aromatic rings. The molecule has 2 N–H and O–H groups in total. The lowest BCUT2D eigenvalue weighted by molar-refractivity contribution is -0.121. The Labute approximate surface area is 161 Å². The number of carbonyl (C=O) groups excluding carboxylic acids is 2. The first-order valence-corrected chi connectivity index (χ1v) is 10.6. The van der Waals surface area contributed by atoms with Crippen LogP contribution in [0.3, 0.4) is 0 Å². The molecule has 142 valence electrons. The molecule has 5 atom stereocenters. The second-order valence-electron chi connectivity index (χ2n) is 8.08. The van der Waals surface area contributed by atoms with Crippen LogP contribution in [0.4, 0.5) is 5.13 Å². The summed E-state index contributed by atoms with van der Waals surface area (Å²) in [6.45, 7) is 0. The Morgan fingerprint density at radius 2 is 2.11 bits per heavy atom. The van der Waals surface area contributed by atoms with Crippen LogP contribution in [0.2, 0.25) is 0 Å². The lowest BCUT2D eigenvalue weighted by atomic mass is 9.79. The van der Waals surface area contributed by atoms with Gasteiger partial charge in [0.15, 0.2) is 10.9 Å². The molecule has 0 saturated heterocycles. The molecule has 0 spiro atoms. The maximum Gasteiger partial charge on any atom is 0.293 e. The molecule has 7 heteroatoms. The fraction of sp³-hybridized carbons (Fsp3) is 0.550. The average molecular weight is 385 g/mol. The zero-order valence-electron chi connectivity index (χ0n) is 15.0. The van der Waals surface area contributed by atoms with Crippen molar-refractivity contribution in [2.24, 2.45) is 23.7 Å². The zero-order chi connectivity index (χ0) is 18.4. The standard InChI is InChI=1S/C20H23N3O3S/c24-18(22-16-8-11-7-15(16)14-4-1-3-13(11)14)9-12-10-27-20(21-12)23-19(25)17-5-2-6-26-17/h2,5-6,10-11,13-16H,1,3-4,7-9H2,(H,22,24)(H,21,23,25). The van der Waals surface area contributed by atoms with Crippen LogP contribution in [-0.2, 0) is 11.2 Å². The highest BCUT2D eigenvalue weighted by Crippen LogP contribution is 2.58. The number of carbonyl (C=O) groups is 2. The van der Waals surface area contributed by atoms with E-state index in [1.165, 1.54) is 43.3 Å². The lowest BCUT2D eigenvalue weighted by Gasteiger charge is -2.32. The Balaban J connectivity index is 1.15. The summed E-state index contributed by atoms with van der Waals surface area (Å²) in [6.07, 6.45) is 8.29. The number of amides is 2. The van der Waals surface area contributed by atoms with Gasteiger partial charge in [-0.15, -0.1) is 11.3 Å². The number of nitrogens with zero attached hydrogens (tertiary/aromatic N) is 1. The number of furan rings is 1. The van der Waals surface area contributed by atoms with E-state index < -0.39 is 0 Å². The second-order valence-corrected chi connectivity index (χ2v) is 8.94. The lowest BCUT2D eigenvalue weighted by Crippen LogP contribution is -2.43. The molecule has 3 fully saturated rings. The van der Waals surface area contributed by atoms with Crippen molar-refractivity contribution in [2.75, 3.05) is 5.32 Å². The molecule has 2 heterocycles. The van der Waals surface area contributed by atoms with Crippen molar-refractivity contribution in [3.05, 3.63) is 35.2 Å². The van der Waals surface area contributed by atoms with Crippen LogP contribution in [0.5, 0.6) is 0 Å². The van der Waals surface area contributed by atoms with Gasteiger partial charge in [0.1, 0.15) is 0 Å². The molecule has 0 aromatic carbocycles. The van der Waals surface area contributed by atoms with E-state index in [0.29, 0.717) is 22.8 Å². The van der Waals surface area contributed by atoms with E-state index in [1.54, 1.807) is 12.1 Å². The van der Waals surface area contributed by atoms with Crippen molar-refractivity contribution < 1.29 is 14.0 Å². The predicted molar refractivity (Wildman–Crippen MR) is 101 cm³/mol. The third-order valence-corrected chi connectivity index (χ3v) is 7.44. The van der Waals surface area contributed by atoms with Gasteiger partial charge in [-0.25, -0.2) is 4.98 Å². The summed E-state index contributed by atoms with van der Waals surface area (Å²) < 4.78 is 5.07. The van der Waals surface area contributed by atoms with E-state index >= 15 is 0 Å². The number of fused-ring (bicyclic) bond motifs is 5. The van der Waals surface area contributed by atoms with Gasteiger partial charge in [0.25, 0.3) is 5.91 Å². The Bertz CT molecular complexity index is 847. The number of hydrogen-bond acceptors (Lipinski definition) is 5. The molecule has 3 aliphatic carbocycles. The topological polar surface area (TPSA) is 84.2 Å². The summed E-state index contributed by atoms with van der Waals surface area (Å²) in [4.78, 5) is 28.8. The van der Waals surface area contributed by atoms with Gasteiger partial charge >= 0.3 is 0 Å². The normalized spacial score (nSPS) is 31.0. The van der Waals surface area contributed by atoms with Crippen molar-refractivity contribution in [1.82, 2.24) is 10.3 Å². The minimum atomic E-state index is -0.335. The summed E-state index contributed by atoms with van der Waals surface area (Å²) in [5, 5.41) is 8.27. The van der Waals surface area contributed by atoms with Crippen molar-refractivity contribution in [2.45, 2.75) is 44.6 Å². The number of thiazole rings is 1. The summed E-state index contributed by atoms with van der Waals surface area (Å²) in [5.41, 5.74) is 0.689. The largest absolute Gasteiger partial charge is 0.459 e. The van der Waals surface area contributed by atoms with Crippen molar-refractivity contribution in [1.29, 1.82) is 0 Å². The predicted octanol–water partition coefficient (Wildman–Crippen LogP) is 3.47. The summed E-state index contributed by atoms with van der Waals surface area (Å²) >= 11 is 1.32. The van der Waals surface area contributed by atoms with E-state index in [0.717, 1.165) is 24.2 Å². The average Bonchev–Trinajstić information content (AvgIpc) is 3.43. The van der Waals surface area contributed by atoms with E-state index in [-0.39, 0.29) is 24.0 Å². The van der Waals surface area contributed by atoms with Gasteiger partial charge in [0.2, 0.25) is 5.91 Å². The molecular weight excluding hydrogens is 362 g/mol.